The van der Waals surface area contributed by atoms with E-state index in [1.54, 1.807) is 27.7 Å². The molecule has 1 aliphatic heterocycles. The van der Waals surface area contributed by atoms with Crippen molar-refractivity contribution in [1.82, 2.24) is 15.7 Å². The molecule has 0 unspecified atom stereocenters. The number of rotatable bonds is 5. The van der Waals surface area contributed by atoms with E-state index in [4.69, 9.17) is 14.3 Å². The Morgan fingerprint density at radius 1 is 1.48 bits per heavy atom. The molecule has 0 aromatic heterocycles. The van der Waals surface area contributed by atoms with Crippen LogP contribution in [0.1, 0.15) is 34.1 Å². The first kappa shape index (κ1) is 19.0. The maximum absolute atomic E-state index is 12.4. The van der Waals surface area contributed by atoms with Gasteiger partial charge in [0.05, 0.1) is 12.6 Å². The predicted molar refractivity (Wildman–Crippen MR) is 80.4 cm³/mol. The zero-order valence-corrected chi connectivity index (χ0v) is 14.4. The second-order valence-electron chi connectivity index (χ2n) is 6.68. The van der Waals surface area contributed by atoms with E-state index in [1.165, 1.54) is 14.2 Å². The number of hydroxylamine groups is 2. The Balaban J connectivity index is 2.83. The summed E-state index contributed by atoms with van der Waals surface area (Å²) in [7, 11) is 2.77. The highest BCUT2D eigenvalue weighted by atomic mass is 16.7. The summed E-state index contributed by atoms with van der Waals surface area (Å²) < 4.78 is 10.0. The average molecular weight is 331 g/mol. The number of hydrogen-bond donors (Lipinski definition) is 2. The molecule has 0 bridgehead atoms. The molecule has 0 aromatic rings. The van der Waals surface area contributed by atoms with Crippen LogP contribution >= 0.6 is 0 Å². The van der Waals surface area contributed by atoms with Crippen LogP contribution in [-0.4, -0.2) is 61.1 Å². The summed E-state index contributed by atoms with van der Waals surface area (Å²) in [5.74, 6) is -0.472. The van der Waals surface area contributed by atoms with Crippen LogP contribution in [0, 0.1) is 0 Å². The second-order valence-corrected chi connectivity index (χ2v) is 6.68. The third kappa shape index (κ3) is 5.93. The van der Waals surface area contributed by atoms with E-state index in [0.717, 1.165) is 5.06 Å². The van der Waals surface area contributed by atoms with Crippen LogP contribution in [0.15, 0.2) is 0 Å². The third-order valence-electron chi connectivity index (χ3n) is 3.15. The minimum absolute atomic E-state index is 0.0995. The van der Waals surface area contributed by atoms with Crippen LogP contribution in [0.5, 0.6) is 0 Å². The largest absolute Gasteiger partial charge is 0.447 e. The van der Waals surface area contributed by atoms with Crippen LogP contribution in [0.3, 0.4) is 0 Å². The van der Waals surface area contributed by atoms with Gasteiger partial charge in [-0.05, 0) is 27.7 Å². The van der Waals surface area contributed by atoms with Gasteiger partial charge in [-0.25, -0.2) is 14.7 Å². The predicted octanol–water partition coefficient (Wildman–Crippen LogP) is 0.788. The number of cyclic esters (lactones) is 1. The van der Waals surface area contributed by atoms with Crippen molar-refractivity contribution >= 4 is 18.1 Å². The Morgan fingerprint density at radius 3 is 2.52 bits per heavy atom. The Bertz CT molecular complexity index is 476. The van der Waals surface area contributed by atoms with Crippen molar-refractivity contribution in [1.29, 1.82) is 0 Å². The SMILES string of the molecule is CON(C)C(=O)[C@H](C[C@@]1(C)COC(=O)N1)NC(=O)OC(C)(C)C. The Kier molecular flexibility index (Phi) is 5.81. The summed E-state index contributed by atoms with van der Waals surface area (Å²) in [6.07, 6.45) is -1.16. The molecule has 0 spiro atoms. The average Bonchev–Trinajstić information content (AvgIpc) is 2.73. The van der Waals surface area contributed by atoms with Gasteiger partial charge in [-0.15, -0.1) is 0 Å². The lowest BCUT2D eigenvalue weighted by Gasteiger charge is -2.30. The molecule has 0 radical (unpaired) electrons. The lowest BCUT2D eigenvalue weighted by atomic mass is 9.94. The van der Waals surface area contributed by atoms with E-state index in [1.807, 2.05) is 0 Å². The lowest BCUT2D eigenvalue weighted by molar-refractivity contribution is -0.171. The van der Waals surface area contributed by atoms with Crippen molar-refractivity contribution < 1.29 is 28.7 Å². The topological polar surface area (TPSA) is 106 Å². The Labute approximate surface area is 135 Å². The van der Waals surface area contributed by atoms with Crippen LogP contribution in [0.4, 0.5) is 9.59 Å². The molecule has 2 N–H and O–H groups in total. The molecule has 9 heteroatoms. The second kappa shape index (κ2) is 7.03. The number of amides is 3. The normalized spacial score (nSPS) is 21.9. The molecule has 3 amide bonds. The minimum Gasteiger partial charge on any atom is -0.447 e. The number of nitrogens with one attached hydrogen (secondary N) is 2. The number of nitrogens with zero attached hydrogens (tertiary/aromatic N) is 1. The van der Waals surface area contributed by atoms with Gasteiger partial charge in [-0.3, -0.25) is 9.63 Å². The van der Waals surface area contributed by atoms with Crippen molar-refractivity contribution in [2.45, 2.75) is 51.3 Å². The zero-order chi connectivity index (χ0) is 17.8. The van der Waals surface area contributed by atoms with E-state index in [9.17, 15) is 14.4 Å². The first-order valence-corrected chi connectivity index (χ1v) is 7.22. The van der Waals surface area contributed by atoms with Crippen molar-refractivity contribution in [3.8, 4) is 0 Å². The molecule has 0 aromatic carbocycles. The van der Waals surface area contributed by atoms with Gasteiger partial charge >= 0.3 is 12.2 Å². The number of hydrogen-bond acceptors (Lipinski definition) is 6. The summed E-state index contributed by atoms with van der Waals surface area (Å²) in [4.78, 5) is 40.4. The molecule has 1 heterocycles. The molecule has 0 aliphatic carbocycles. The molecule has 2 atom stereocenters. The van der Waals surface area contributed by atoms with E-state index in [0.29, 0.717) is 0 Å². The summed E-state index contributed by atoms with van der Waals surface area (Å²) >= 11 is 0. The molecule has 9 nitrogen and oxygen atoms in total. The highest BCUT2D eigenvalue weighted by molar-refractivity contribution is 5.85. The summed E-state index contributed by atoms with van der Waals surface area (Å²) in [5, 5.41) is 6.15. The summed E-state index contributed by atoms with van der Waals surface area (Å²) in [6.45, 7) is 6.98. The summed E-state index contributed by atoms with van der Waals surface area (Å²) in [6, 6.07) is -0.943. The molecule has 1 rings (SSSR count). The van der Waals surface area contributed by atoms with Crippen LogP contribution in [0.2, 0.25) is 0 Å². The molecular formula is C14H25N3O6. The first-order chi connectivity index (χ1) is 10.5. The molecule has 0 saturated carbocycles. The standard InChI is InChI=1S/C14H25N3O6/c1-13(2,3)23-11(19)15-9(10(18)17(5)21-6)7-14(4)8-22-12(20)16-14/h9H,7-8H2,1-6H3,(H,15,19)(H,16,20)/t9-,14-/m0/s1. The van der Waals surface area contributed by atoms with Crippen LogP contribution in [0.25, 0.3) is 0 Å². The molecule has 132 valence electrons. The fourth-order valence-corrected chi connectivity index (χ4v) is 2.06. The van der Waals surface area contributed by atoms with Gasteiger partial charge in [0.1, 0.15) is 18.2 Å². The highest BCUT2D eigenvalue weighted by Gasteiger charge is 2.40. The smallest absolute Gasteiger partial charge is 0.408 e. The summed E-state index contributed by atoms with van der Waals surface area (Å²) in [5.41, 5.74) is -1.47. The van der Waals surface area contributed by atoms with E-state index in [2.05, 4.69) is 10.6 Å². The molecule has 23 heavy (non-hydrogen) atoms. The number of alkyl carbamates (subject to hydrolysis) is 2. The van der Waals surface area contributed by atoms with E-state index < -0.39 is 35.3 Å². The third-order valence-corrected chi connectivity index (χ3v) is 3.15. The quantitative estimate of drug-likeness (QED) is 0.721. The Hall–Kier alpha value is -2.03. The number of carbonyl (C=O) groups is 3. The van der Waals surface area contributed by atoms with Gasteiger partial charge < -0.3 is 20.1 Å². The van der Waals surface area contributed by atoms with Crippen molar-refractivity contribution in [2.75, 3.05) is 20.8 Å². The van der Waals surface area contributed by atoms with Gasteiger partial charge in [-0.1, -0.05) is 0 Å². The van der Waals surface area contributed by atoms with E-state index in [-0.39, 0.29) is 13.0 Å². The van der Waals surface area contributed by atoms with E-state index >= 15 is 0 Å². The maximum Gasteiger partial charge on any atom is 0.408 e. The van der Waals surface area contributed by atoms with Gasteiger partial charge in [0.15, 0.2) is 0 Å². The molecule has 1 saturated heterocycles. The number of ether oxygens (including phenoxy) is 2. The van der Waals surface area contributed by atoms with Crippen LogP contribution < -0.4 is 10.6 Å². The lowest BCUT2D eigenvalue weighted by Crippen LogP contribution is -2.54. The van der Waals surface area contributed by atoms with Gasteiger partial charge in [0.25, 0.3) is 5.91 Å². The minimum atomic E-state index is -0.943. The van der Waals surface area contributed by atoms with Gasteiger partial charge in [0.2, 0.25) is 0 Å². The molecule has 1 aliphatic rings. The maximum atomic E-state index is 12.4. The van der Waals surface area contributed by atoms with Gasteiger partial charge in [0, 0.05) is 13.5 Å². The first-order valence-electron chi connectivity index (χ1n) is 7.22. The Morgan fingerprint density at radius 2 is 2.09 bits per heavy atom. The van der Waals surface area contributed by atoms with Crippen molar-refractivity contribution in [3.05, 3.63) is 0 Å². The van der Waals surface area contributed by atoms with Crippen LogP contribution in [-0.2, 0) is 19.1 Å². The molecular weight excluding hydrogens is 306 g/mol. The van der Waals surface area contributed by atoms with Crippen molar-refractivity contribution in [3.63, 3.8) is 0 Å². The number of likely N-dealkylation sites (N-methyl/N-ethyl adjacent to an activating group) is 1. The zero-order valence-electron chi connectivity index (χ0n) is 14.4. The fraction of sp³-hybridized carbons (Fsp3) is 0.786. The number of carbonyl (C=O) groups excluding carboxylic acids is 3. The van der Waals surface area contributed by atoms with Crippen molar-refractivity contribution in [2.24, 2.45) is 0 Å². The molecule has 1 fully saturated rings. The van der Waals surface area contributed by atoms with Gasteiger partial charge in [-0.2, -0.15) is 0 Å². The monoisotopic (exact) mass is 331 g/mol. The fourth-order valence-electron chi connectivity index (χ4n) is 2.06. The highest BCUT2D eigenvalue weighted by Crippen LogP contribution is 2.20.